The number of benzene rings is 1. The Kier molecular flexibility index (Phi) is 4.46. The van der Waals surface area contributed by atoms with Gasteiger partial charge in [-0.2, -0.15) is 5.26 Å². The second kappa shape index (κ2) is 5.91. The molecule has 0 spiro atoms. The quantitative estimate of drug-likeness (QED) is 0.933. The lowest BCUT2D eigenvalue weighted by Crippen LogP contribution is -2.36. The molecule has 0 atom stereocenters. The minimum atomic E-state index is -3.66. The van der Waals surface area contributed by atoms with E-state index in [9.17, 15) is 8.42 Å². The first-order valence-electron chi connectivity index (χ1n) is 6.25. The van der Waals surface area contributed by atoms with Crippen LogP contribution in [0.1, 0.15) is 37.7 Å². The van der Waals surface area contributed by atoms with Crippen LogP contribution in [0.25, 0.3) is 0 Å². The molecule has 1 aliphatic carbocycles. The number of nitrogens with zero attached hydrogens (tertiary/aromatic N) is 1. The number of hydrogen-bond donors (Lipinski definition) is 1. The van der Waals surface area contributed by atoms with Crippen molar-refractivity contribution in [3.63, 3.8) is 0 Å². The van der Waals surface area contributed by atoms with E-state index >= 15 is 0 Å². The monoisotopic (exact) mass is 298 g/mol. The fraction of sp³-hybridized carbons (Fsp3) is 0.462. The topological polar surface area (TPSA) is 70.0 Å². The number of nitrogens with one attached hydrogen (secondary N) is 1. The van der Waals surface area contributed by atoms with E-state index < -0.39 is 10.0 Å². The molecule has 19 heavy (non-hydrogen) atoms. The van der Waals surface area contributed by atoms with Crippen molar-refractivity contribution < 1.29 is 8.42 Å². The first kappa shape index (κ1) is 14.3. The molecule has 4 nitrogen and oxygen atoms in total. The van der Waals surface area contributed by atoms with Crippen LogP contribution in [0.15, 0.2) is 23.1 Å². The molecule has 1 saturated carbocycles. The van der Waals surface area contributed by atoms with Gasteiger partial charge in [-0.3, -0.25) is 0 Å². The van der Waals surface area contributed by atoms with Gasteiger partial charge in [0, 0.05) is 6.04 Å². The fourth-order valence-electron chi connectivity index (χ4n) is 2.28. The predicted molar refractivity (Wildman–Crippen MR) is 73.4 cm³/mol. The molecule has 1 aromatic carbocycles. The van der Waals surface area contributed by atoms with Crippen molar-refractivity contribution in [1.82, 2.24) is 4.72 Å². The molecular weight excluding hydrogens is 284 g/mol. The molecule has 1 aromatic rings. The van der Waals surface area contributed by atoms with E-state index in [4.69, 9.17) is 16.9 Å². The van der Waals surface area contributed by atoms with Crippen LogP contribution in [-0.4, -0.2) is 14.5 Å². The summed E-state index contributed by atoms with van der Waals surface area (Å²) < 4.78 is 27.3. The van der Waals surface area contributed by atoms with Crippen LogP contribution >= 0.6 is 11.6 Å². The maximum absolute atomic E-state index is 12.3. The zero-order chi connectivity index (χ0) is 13.9. The van der Waals surface area contributed by atoms with E-state index in [0.29, 0.717) is 0 Å². The summed E-state index contributed by atoms with van der Waals surface area (Å²) in [6.45, 7) is 0. The molecule has 0 aromatic heterocycles. The van der Waals surface area contributed by atoms with Crippen LogP contribution in [0.4, 0.5) is 0 Å². The molecule has 0 heterocycles. The molecule has 0 radical (unpaired) electrons. The normalized spacial score (nSPS) is 17.1. The lowest BCUT2D eigenvalue weighted by molar-refractivity contribution is 0.412. The Balaban J connectivity index is 2.26. The van der Waals surface area contributed by atoms with Crippen molar-refractivity contribution in [2.24, 2.45) is 0 Å². The minimum absolute atomic E-state index is 0.0150. The third kappa shape index (κ3) is 3.47. The summed E-state index contributed by atoms with van der Waals surface area (Å²) in [7, 11) is -3.66. The molecule has 6 heteroatoms. The van der Waals surface area contributed by atoms with E-state index in [0.717, 1.165) is 32.1 Å². The number of sulfonamides is 1. The summed E-state index contributed by atoms with van der Waals surface area (Å²) in [5.74, 6) is 0. The summed E-state index contributed by atoms with van der Waals surface area (Å²) in [5, 5.41) is 8.97. The van der Waals surface area contributed by atoms with Gasteiger partial charge < -0.3 is 0 Å². The van der Waals surface area contributed by atoms with Crippen molar-refractivity contribution in [1.29, 1.82) is 5.26 Å². The highest BCUT2D eigenvalue weighted by Crippen LogP contribution is 2.25. The SMILES string of the molecule is N#Cc1ccc(Cl)c(S(=O)(=O)NC2CCCCC2)c1. The highest BCUT2D eigenvalue weighted by molar-refractivity contribution is 7.89. The average Bonchev–Trinajstić information content (AvgIpc) is 2.39. The lowest BCUT2D eigenvalue weighted by atomic mass is 9.96. The number of rotatable bonds is 3. The smallest absolute Gasteiger partial charge is 0.208 e. The Hall–Kier alpha value is -1.09. The van der Waals surface area contributed by atoms with Gasteiger partial charge in [0.25, 0.3) is 0 Å². The molecule has 0 saturated heterocycles. The maximum atomic E-state index is 12.3. The number of hydrogen-bond acceptors (Lipinski definition) is 3. The lowest BCUT2D eigenvalue weighted by Gasteiger charge is -2.22. The molecule has 0 aliphatic heterocycles. The predicted octanol–water partition coefficient (Wildman–Crippen LogP) is 2.82. The molecule has 2 rings (SSSR count). The second-order valence-electron chi connectivity index (χ2n) is 4.71. The standard InChI is InChI=1S/C13H15ClN2O2S/c14-12-7-6-10(9-15)8-13(12)19(17,18)16-11-4-2-1-3-5-11/h6-8,11,16H,1-5H2. The van der Waals surface area contributed by atoms with Crippen LogP contribution in [0.2, 0.25) is 5.02 Å². The fourth-order valence-corrected chi connectivity index (χ4v) is 4.11. The molecule has 0 bridgehead atoms. The Labute approximate surface area is 118 Å². The molecule has 102 valence electrons. The molecule has 0 unspecified atom stereocenters. The van der Waals surface area contributed by atoms with E-state index in [-0.39, 0.29) is 21.5 Å². The van der Waals surface area contributed by atoms with Crippen molar-refractivity contribution >= 4 is 21.6 Å². The Morgan fingerprint density at radius 1 is 1.26 bits per heavy atom. The Morgan fingerprint density at radius 2 is 1.95 bits per heavy atom. The number of halogens is 1. The van der Waals surface area contributed by atoms with Gasteiger partial charge in [0.15, 0.2) is 0 Å². The largest absolute Gasteiger partial charge is 0.242 e. The van der Waals surface area contributed by atoms with Gasteiger partial charge in [-0.1, -0.05) is 30.9 Å². The summed E-state index contributed by atoms with van der Waals surface area (Å²) >= 11 is 5.93. The third-order valence-corrected chi connectivity index (χ3v) is 5.28. The first-order valence-corrected chi connectivity index (χ1v) is 8.11. The van der Waals surface area contributed by atoms with E-state index in [1.807, 2.05) is 6.07 Å². The second-order valence-corrected chi connectivity index (χ2v) is 6.80. The van der Waals surface area contributed by atoms with Crippen LogP contribution in [-0.2, 0) is 10.0 Å². The van der Waals surface area contributed by atoms with Gasteiger partial charge in [-0.25, -0.2) is 13.1 Å². The molecular formula is C13H15ClN2O2S. The summed E-state index contributed by atoms with van der Waals surface area (Å²) in [5.41, 5.74) is 0.286. The first-order chi connectivity index (χ1) is 9.03. The van der Waals surface area contributed by atoms with Crippen molar-refractivity contribution in [2.45, 2.75) is 43.0 Å². The summed E-state index contributed by atoms with van der Waals surface area (Å²) in [4.78, 5) is -0.0150. The van der Waals surface area contributed by atoms with Gasteiger partial charge in [-0.15, -0.1) is 0 Å². The van der Waals surface area contributed by atoms with Gasteiger partial charge in [-0.05, 0) is 31.0 Å². The summed E-state index contributed by atoms with van der Waals surface area (Å²) in [6, 6.07) is 6.15. The summed E-state index contributed by atoms with van der Waals surface area (Å²) in [6.07, 6.45) is 4.95. The average molecular weight is 299 g/mol. The third-order valence-electron chi connectivity index (χ3n) is 3.28. The zero-order valence-corrected chi connectivity index (χ0v) is 12.0. The van der Waals surface area contributed by atoms with Gasteiger partial charge in [0.2, 0.25) is 10.0 Å². The van der Waals surface area contributed by atoms with Crippen LogP contribution in [0, 0.1) is 11.3 Å². The minimum Gasteiger partial charge on any atom is -0.208 e. The van der Waals surface area contributed by atoms with Crippen molar-refractivity contribution in [2.75, 3.05) is 0 Å². The highest BCUT2D eigenvalue weighted by Gasteiger charge is 2.24. The van der Waals surface area contributed by atoms with Crippen LogP contribution < -0.4 is 4.72 Å². The Bertz CT molecular complexity index is 602. The van der Waals surface area contributed by atoms with Crippen molar-refractivity contribution in [3.8, 4) is 6.07 Å². The van der Waals surface area contributed by atoms with Gasteiger partial charge >= 0.3 is 0 Å². The van der Waals surface area contributed by atoms with Crippen LogP contribution in [0.3, 0.4) is 0 Å². The van der Waals surface area contributed by atoms with E-state index in [2.05, 4.69) is 4.72 Å². The highest BCUT2D eigenvalue weighted by atomic mass is 35.5. The molecule has 1 aliphatic rings. The maximum Gasteiger partial charge on any atom is 0.242 e. The van der Waals surface area contributed by atoms with Crippen LogP contribution in [0.5, 0.6) is 0 Å². The zero-order valence-electron chi connectivity index (χ0n) is 10.4. The van der Waals surface area contributed by atoms with E-state index in [1.54, 1.807) is 0 Å². The molecule has 1 fully saturated rings. The van der Waals surface area contributed by atoms with Gasteiger partial charge in [0.05, 0.1) is 16.7 Å². The molecule has 0 amide bonds. The van der Waals surface area contributed by atoms with E-state index in [1.165, 1.54) is 18.2 Å². The Morgan fingerprint density at radius 3 is 2.58 bits per heavy atom. The van der Waals surface area contributed by atoms with Gasteiger partial charge in [0.1, 0.15) is 4.90 Å². The van der Waals surface area contributed by atoms with Crippen molar-refractivity contribution in [3.05, 3.63) is 28.8 Å². The molecule has 1 N–H and O–H groups in total. The number of nitriles is 1.